The summed E-state index contributed by atoms with van der Waals surface area (Å²) in [6.07, 6.45) is 5.86. The highest BCUT2D eigenvalue weighted by molar-refractivity contribution is 5.88. The van der Waals surface area contributed by atoms with Gasteiger partial charge in [0.2, 0.25) is 11.8 Å². The lowest BCUT2D eigenvalue weighted by Crippen LogP contribution is -2.52. The van der Waals surface area contributed by atoms with Crippen molar-refractivity contribution in [1.82, 2.24) is 10.2 Å². The Labute approximate surface area is 215 Å². The van der Waals surface area contributed by atoms with E-state index in [1.165, 1.54) is 5.56 Å². The van der Waals surface area contributed by atoms with E-state index in [2.05, 4.69) is 55.6 Å². The largest absolute Gasteiger partial charge is 0.352 e. The molecule has 0 bridgehead atoms. The first-order valence-corrected chi connectivity index (χ1v) is 13.2. The lowest BCUT2D eigenvalue weighted by molar-refractivity contribution is -0.141. The van der Waals surface area contributed by atoms with Crippen molar-refractivity contribution >= 4 is 11.8 Å². The number of rotatable bonds is 10. The molecule has 1 aliphatic carbocycles. The topological polar surface area (TPSA) is 49.4 Å². The molecule has 1 fully saturated rings. The highest BCUT2D eigenvalue weighted by Gasteiger charge is 2.32. The number of carbonyl (C=O) groups excluding carboxylic acids is 2. The molecule has 36 heavy (non-hydrogen) atoms. The monoisotopic (exact) mass is 482 g/mol. The van der Waals surface area contributed by atoms with Crippen LogP contribution in [0.4, 0.5) is 0 Å². The standard InChI is InChI=1S/C32H38N2O2/c1-24-15-17-26(18-16-24)19-20-31(35)34(23-28-12-8-9-25(2)21-28)30(22-27-10-4-3-5-11-27)32(36)33-29-13-6-7-14-29/h3-5,8-12,15-18,21,29-30H,6-7,13-14,19-20,22-23H2,1-2H3,(H,33,36)/t30-/m0/s1. The molecule has 1 N–H and O–H groups in total. The first-order chi connectivity index (χ1) is 17.5. The molecule has 4 heteroatoms. The molecule has 0 radical (unpaired) electrons. The van der Waals surface area contributed by atoms with E-state index in [0.717, 1.165) is 47.9 Å². The molecule has 2 amide bonds. The van der Waals surface area contributed by atoms with Crippen molar-refractivity contribution in [2.45, 2.75) is 77.4 Å². The summed E-state index contributed by atoms with van der Waals surface area (Å²) in [4.78, 5) is 29.3. The summed E-state index contributed by atoms with van der Waals surface area (Å²) in [5.41, 5.74) is 5.60. The van der Waals surface area contributed by atoms with Crippen molar-refractivity contribution < 1.29 is 9.59 Å². The van der Waals surface area contributed by atoms with Gasteiger partial charge in [-0.1, -0.05) is 103 Å². The smallest absolute Gasteiger partial charge is 0.243 e. The summed E-state index contributed by atoms with van der Waals surface area (Å²) in [5, 5.41) is 3.28. The van der Waals surface area contributed by atoms with Gasteiger partial charge >= 0.3 is 0 Å². The van der Waals surface area contributed by atoms with E-state index in [-0.39, 0.29) is 17.9 Å². The number of nitrogens with one attached hydrogen (secondary N) is 1. The fraction of sp³-hybridized carbons (Fsp3) is 0.375. The van der Waals surface area contributed by atoms with E-state index >= 15 is 0 Å². The van der Waals surface area contributed by atoms with Gasteiger partial charge in [-0.3, -0.25) is 9.59 Å². The van der Waals surface area contributed by atoms with Gasteiger partial charge in [-0.15, -0.1) is 0 Å². The van der Waals surface area contributed by atoms with Gasteiger partial charge in [0.1, 0.15) is 6.04 Å². The molecule has 0 heterocycles. The van der Waals surface area contributed by atoms with Crippen LogP contribution >= 0.6 is 0 Å². The number of carbonyl (C=O) groups is 2. The van der Waals surface area contributed by atoms with E-state index in [4.69, 9.17) is 0 Å². The Morgan fingerprint density at radius 1 is 0.833 bits per heavy atom. The zero-order valence-corrected chi connectivity index (χ0v) is 21.6. The van der Waals surface area contributed by atoms with Crippen LogP contribution in [0.15, 0.2) is 78.9 Å². The van der Waals surface area contributed by atoms with E-state index in [9.17, 15) is 9.59 Å². The average Bonchev–Trinajstić information content (AvgIpc) is 3.39. The molecule has 0 unspecified atom stereocenters. The molecule has 188 valence electrons. The maximum atomic E-state index is 13.8. The lowest BCUT2D eigenvalue weighted by Gasteiger charge is -2.32. The number of aryl methyl sites for hydroxylation is 3. The second-order valence-electron chi connectivity index (χ2n) is 10.2. The Kier molecular flexibility index (Phi) is 8.94. The fourth-order valence-electron chi connectivity index (χ4n) is 5.08. The van der Waals surface area contributed by atoms with Crippen molar-refractivity contribution in [2.75, 3.05) is 0 Å². The zero-order chi connectivity index (χ0) is 25.3. The molecular formula is C32H38N2O2. The minimum absolute atomic E-state index is 0.0135. The van der Waals surface area contributed by atoms with Crippen LogP contribution in [-0.4, -0.2) is 28.8 Å². The highest BCUT2D eigenvalue weighted by atomic mass is 16.2. The lowest BCUT2D eigenvalue weighted by atomic mass is 10.0. The SMILES string of the molecule is Cc1ccc(CCC(=O)N(Cc2cccc(C)c2)[C@@H](Cc2ccccc2)C(=O)NC2CCCC2)cc1. The summed E-state index contributed by atoms with van der Waals surface area (Å²) < 4.78 is 0. The number of nitrogens with zero attached hydrogens (tertiary/aromatic N) is 1. The van der Waals surface area contributed by atoms with E-state index in [0.29, 0.717) is 25.8 Å². The summed E-state index contributed by atoms with van der Waals surface area (Å²) in [6, 6.07) is 26.2. The molecule has 4 nitrogen and oxygen atoms in total. The van der Waals surface area contributed by atoms with Gasteiger partial charge in [0.25, 0.3) is 0 Å². The van der Waals surface area contributed by atoms with E-state index in [1.54, 1.807) is 0 Å². The van der Waals surface area contributed by atoms with Crippen LogP contribution in [0.1, 0.15) is 59.9 Å². The molecule has 0 aliphatic heterocycles. The third-order valence-electron chi connectivity index (χ3n) is 7.16. The van der Waals surface area contributed by atoms with Crippen molar-refractivity contribution in [1.29, 1.82) is 0 Å². The number of amides is 2. The molecule has 1 saturated carbocycles. The Bertz CT molecular complexity index is 1130. The first kappa shape index (κ1) is 25.7. The van der Waals surface area contributed by atoms with Gasteiger partial charge in [0.05, 0.1) is 0 Å². The van der Waals surface area contributed by atoms with Gasteiger partial charge in [0.15, 0.2) is 0 Å². The second-order valence-corrected chi connectivity index (χ2v) is 10.2. The normalized spacial score (nSPS) is 14.4. The molecule has 3 aromatic rings. The number of hydrogen-bond donors (Lipinski definition) is 1. The van der Waals surface area contributed by atoms with Crippen LogP contribution in [0.25, 0.3) is 0 Å². The Morgan fingerprint density at radius 3 is 2.22 bits per heavy atom. The Morgan fingerprint density at radius 2 is 1.53 bits per heavy atom. The molecule has 1 aliphatic rings. The molecule has 0 saturated heterocycles. The number of hydrogen-bond acceptors (Lipinski definition) is 2. The molecule has 3 aromatic carbocycles. The van der Waals surface area contributed by atoms with Gasteiger partial charge in [-0.2, -0.15) is 0 Å². The maximum absolute atomic E-state index is 13.8. The van der Waals surface area contributed by atoms with Crippen LogP contribution in [0, 0.1) is 13.8 Å². The van der Waals surface area contributed by atoms with Crippen molar-refractivity contribution in [2.24, 2.45) is 0 Å². The molecule has 0 aromatic heterocycles. The maximum Gasteiger partial charge on any atom is 0.243 e. The van der Waals surface area contributed by atoms with Crippen molar-refractivity contribution in [3.05, 3.63) is 107 Å². The fourth-order valence-corrected chi connectivity index (χ4v) is 5.08. The quantitative estimate of drug-likeness (QED) is 0.389. The average molecular weight is 483 g/mol. The Balaban J connectivity index is 1.60. The minimum Gasteiger partial charge on any atom is -0.352 e. The predicted octanol–water partition coefficient (Wildman–Crippen LogP) is 5.93. The molecule has 1 atom stereocenters. The minimum atomic E-state index is -0.556. The number of benzene rings is 3. The third kappa shape index (κ3) is 7.30. The van der Waals surface area contributed by atoms with Gasteiger partial charge in [-0.25, -0.2) is 0 Å². The van der Waals surface area contributed by atoms with Crippen LogP contribution < -0.4 is 5.32 Å². The molecule has 4 rings (SSSR count). The highest BCUT2D eigenvalue weighted by Crippen LogP contribution is 2.21. The van der Waals surface area contributed by atoms with Gasteiger partial charge < -0.3 is 10.2 Å². The van der Waals surface area contributed by atoms with Crippen LogP contribution in [0.3, 0.4) is 0 Å². The second kappa shape index (κ2) is 12.5. The van der Waals surface area contributed by atoms with Gasteiger partial charge in [0, 0.05) is 25.4 Å². The Hall–Kier alpha value is -3.40. The molecular weight excluding hydrogens is 444 g/mol. The summed E-state index contributed by atoms with van der Waals surface area (Å²) in [5.74, 6) is -0.0262. The van der Waals surface area contributed by atoms with Crippen LogP contribution in [0.2, 0.25) is 0 Å². The third-order valence-corrected chi connectivity index (χ3v) is 7.16. The van der Waals surface area contributed by atoms with Crippen molar-refractivity contribution in [3.8, 4) is 0 Å². The molecule has 0 spiro atoms. The summed E-state index contributed by atoms with van der Waals surface area (Å²) in [7, 11) is 0. The summed E-state index contributed by atoms with van der Waals surface area (Å²) in [6.45, 7) is 4.54. The van der Waals surface area contributed by atoms with E-state index in [1.807, 2.05) is 47.4 Å². The zero-order valence-electron chi connectivity index (χ0n) is 21.6. The first-order valence-electron chi connectivity index (χ1n) is 13.2. The summed E-state index contributed by atoms with van der Waals surface area (Å²) >= 11 is 0. The van der Waals surface area contributed by atoms with Crippen LogP contribution in [-0.2, 0) is 29.0 Å². The van der Waals surface area contributed by atoms with E-state index < -0.39 is 6.04 Å². The van der Waals surface area contributed by atoms with Crippen molar-refractivity contribution in [3.63, 3.8) is 0 Å². The van der Waals surface area contributed by atoms with Gasteiger partial charge in [-0.05, 0) is 49.8 Å². The van der Waals surface area contributed by atoms with Crippen LogP contribution in [0.5, 0.6) is 0 Å². The predicted molar refractivity (Wildman–Crippen MR) is 146 cm³/mol.